The maximum Gasteiger partial charge on any atom is 0.0720 e. The Morgan fingerprint density at radius 1 is 1.86 bits per heavy atom. The molecule has 0 spiro atoms. The topological polar surface area (TPSA) is 32.6 Å². The van der Waals surface area contributed by atoms with Crippen LogP contribution in [0.4, 0.5) is 0 Å². The van der Waals surface area contributed by atoms with Gasteiger partial charge in [-0.05, 0) is 13.8 Å². The zero-order chi connectivity index (χ0) is 5.86. The van der Waals surface area contributed by atoms with Gasteiger partial charge in [-0.3, -0.25) is 0 Å². The highest BCUT2D eigenvalue weighted by Gasteiger charge is 1.97. The summed E-state index contributed by atoms with van der Waals surface area (Å²) < 4.78 is 0. The average molecular weight is 122 g/mol. The Hall–Kier alpha value is -0.240. The van der Waals surface area contributed by atoms with Crippen LogP contribution in [0.2, 0.25) is 0 Å². The van der Waals surface area contributed by atoms with Gasteiger partial charge in [-0.15, -0.1) is 11.6 Å². The Bertz CT molecular complexity index is 79.8. The molecule has 0 bridgehead atoms. The lowest BCUT2D eigenvalue weighted by molar-refractivity contribution is 0.317. The molecule has 0 amide bonds. The van der Waals surface area contributed by atoms with E-state index in [0.29, 0.717) is 5.71 Å². The van der Waals surface area contributed by atoms with E-state index in [1.807, 2.05) is 0 Å². The van der Waals surface area contributed by atoms with Crippen molar-refractivity contribution in [2.75, 3.05) is 0 Å². The molecular formula is C4H8ClNO. The van der Waals surface area contributed by atoms with Gasteiger partial charge in [-0.25, -0.2) is 0 Å². The first kappa shape index (κ1) is 6.76. The molecule has 0 aliphatic rings. The number of halogens is 1. The molecule has 0 radical (unpaired) electrons. The number of alkyl halides is 1. The van der Waals surface area contributed by atoms with E-state index in [9.17, 15) is 0 Å². The molecule has 0 aromatic heterocycles. The summed E-state index contributed by atoms with van der Waals surface area (Å²) in [6.07, 6.45) is 0. The number of nitrogens with zero attached hydrogens (tertiary/aromatic N) is 1. The van der Waals surface area contributed by atoms with Crippen molar-refractivity contribution >= 4 is 17.3 Å². The monoisotopic (exact) mass is 121 g/mol. The van der Waals surface area contributed by atoms with Crippen LogP contribution in [0.1, 0.15) is 13.8 Å². The minimum absolute atomic E-state index is 0.162. The van der Waals surface area contributed by atoms with Gasteiger partial charge < -0.3 is 5.21 Å². The Morgan fingerprint density at radius 2 is 2.29 bits per heavy atom. The summed E-state index contributed by atoms with van der Waals surface area (Å²) in [5, 5.41) is 10.7. The molecule has 1 atom stereocenters. The third-order valence-electron chi connectivity index (χ3n) is 0.733. The van der Waals surface area contributed by atoms with Crippen LogP contribution in [0, 0.1) is 0 Å². The Balaban J connectivity index is 3.56. The summed E-state index contributed by atoms with van der Waals surface area (Å²) in [7, 11) is 0. The molecule has 2 nitrogen and oxygen atoms in total. The smallest absolute Gasteiger partial charge is 0.0720 e. The lowest BCUT2D eigenvalue weighted by Gasteiger charge is -1.94. The first-order valence-electron chi connectivity index (χ1n) is 2.01. The Labute approximate surface area is 47.8 Å². The van der Waals surface area contributed by atoms with E-state index in [2.05, 4.69) is 5.16 Å². The zero-order valence-corrected chi connectivity index (χ0v) is 5.11. The van der Waals surface area contributed by atoms with Crippen molar-refractivity contribution in [3.8, 4) is 0 Å². The van der Waals surface area contributed by atoms with Crippen molar-refractivity contribution in [2.24, 2.45) is 5.16 Å². The molecule has 0 aliphatic carbocycles. The molecule has 0 saturated heterocycles. The van der Waals surface area contributed by atoms with Crippen LogP contribution in [0.15, 0.2) is 5.16 Å². The normalized spacial score (nSPS) is 16.7. The molecule has 3 heteroatoms. The lowest BCUT2D eigenvalue weighted by atomic mass is 10.3. The van der Waals surface area contributed by atoms with Gasteiger partial charge >= 0.3 is 0 Å². The molecule has 7 heavy (non-hydrogen) atoms. The van der Waals surface area contributed by atoms with Gasteiger partial charge in [0.05, 0.1) is 11.1 Å². The third-order valence-corrected chi connectivity index (χ3v) is 1.05. The van der Waals surface area contributed by atoms with E-state index in [1.165, 1.54) is 0 Å². The average Bonchev–Trinajstić information content (AvgIpc) is 1.65. The van der Waals surface area contributed by atoms with Crippen molar-refractivity contribution in [1.29, 1.82) is 0 Å². The van der Waals surface area contributed by atoms with Crippen LogP contribution < -0.4 is 0 Å². The van der Waals surface area contributed by atoms with Gasteiger partial charge in [0.1, 0.15) is 0 Å². The van der Waals surface area contributed by atoms with Crippen molar-refractivity contribution in [1.82, 2.24) is 0 Å². The fraction of sp³-hybridized carbons (Fsp3) is 0.750. The fourth-order valence-electron chi connectivity index (χ4n) is 0.0796. The number of rotatable bonds is 1. The first-order chi connectivity index (χ1) is 3.18. The summed E-state index contributed by atoms with van der Waals surface area (Å²) in [6, 6.07) is 0. The summed E-state index contributed by atoms with van der Waals surface area (Å²) >= 11 is 5.44. The highest BCUT2D eigenvalue weighted by molar-refractivity contribution is 6.31. The minimum atomic E-state index is -0.162. The largest absolute Gasteiger partial charge is 0.411 e. The molecular weight excluding hydrogens is 114 g/mol. The molecule has 0 unspecified atom stereocenters. The molecule has 42 valence electrons. The van der Waals surface area contributed by atoms with Crippen molar-refractivity contribution < 1.29 is 5.21 Å². The minimum Gasteiger partial charge on any atom is -0.411 e. The zero-order valence-electron chi connectivity index (χ0n) is 4.35. The molecule has 0 rings (SSSR count). The van der Waals surface area contributed by atoms with E-state index < -0.39 is 0 Å². The maximum atomic E-state index is 8.01. The van der Waals surface area contributed by atoms with Crippen molar-refractivity contribution in [2.45, 2.75) is 19.2 Å². The van der Waals surface area contributed by atoms with Gasteiger partial charge in [-0.1, -0.05) is 5.16 Å². The standard InChI is InChI=1S/C4H8ClNO/c1-3(5)4(2)6-7/h3,7H,1-2H3/b6-4+/t3-/m1/s1. The quantitative estimate of drug-likeness (QED) is 0.242. The summed E-state index contributed by atoms with van der Waals surface area (Å²) in [5.74, 6) is 0. The molecule has 0 fully saturated rings. The fourth-order valence-corrected chi connectivity index (χ4v) is 0.123. The third kappa shape index (κ3) is 2.45. The predicted molar refractivity (Wildman–Crippen MR) is 30.2 cm³/mol. The van der Waals surface area contributed by atoms with E-state index in [4.69, 9.17) is 16.8 Å². The Kier molecular flexibility index (Phi) is 2.76. The predicted octanol–water partition coefficient (Wildman–Crippen LogP) is 1.46. The Morgan fingerprint density at radius 3 is 2.29 bits per heavy atom. The van der Waals surface area contributed by atoms with Crippen LogP contribution in [0.3, 0.4) is 0 Å². The lowest BCUT2D eigenvalue weighted by Crippen LogP contribution is -2.03. The van der Waals surface area contributed by atoms with E-state index in [0.717, 1.165) is 0 Å². The van der Waals surface area contributed by atoms with Gasteiger partial charge in [0.25, 0.3) is 0 Å². The summed E-state index contributed by atoms with van der Waals surface area (Å²) in [4.78, 5) is 0. The second-order valence-corrected chi connectivity index (χ2v) is 2.01. The number of oxime groups is 1. The highest BCUT2D eigenvalue weighted by Crippen LogP contribution is 1.94. The van der Waals surface area contributed by atoms with E-state index >= 15 is 0 Å². The molecule has 1 N–H and O–H groups in total. The van der Waals surface area contributed by atoms with Gasteiger partial charge in [-0.2, -0.15) is 0 Å². The van der Waals surface area contributed by atoms with Crippen LogP contribution in [0.25, 0.3) is 0 Å². The maximum absolute atomic E-state index is 8.01. The summed E-state index contributed by atoms with van der Waals surface area (Å²) in [5.41, 5.74) is 0.543. The van der Waals surface area contributed by atoms with Crippen molar-refractivity contribution in [3.05, 3.63) is 0 Å². The second kappa shape index (κ2) is 2.86. The van der Waals surface area contributed by atoms with Crippen LogP contribution in [0.5, 0.6) is 0 Å². The number of hydrogen-bond donors (Lipinski definition) is 1. The molecule has 0 aromatic rings. The first-order valence-corrected chi connectivity index (χ1v) is 2.44. The second-order valence-electron chi connectivity index (χ2n) is 1.36. The summed E-state index contributed by atoms with van der Waals surface area (Å²) in [6.45, 7) is 3.41. The number of hydrogen-bond acceptors (Lipinski definition) is 2. The molecule has 0 aromatic carbocycles. The van der Waals surface area contributed by atoms with Crippen LogP contribution >= 0.6 is 11.6 Å². The van der Waals surface area contributed by atoms with Crippen LogP contribution in [-0.2, 0) is 0 Å². The SMILES string of the molecule is C/C(=N\O)[C@@H](C)Cl. The van der Waals surface area contributed by atoms with Gasteiger partial charge in [0.2, 0.25) is 0 Å². The van der Waals surface area contributed by atoms with E-state index in [-0.39, 0.29) is 5.38 Å². The van der Waals surface area contributed by atoms with Gasteiger partial charge in [0, 0.05) is 0 Å². The highest BCUT2D eigenvalue weighted by atomic mass is 35.5. The van der Waals surface area contributed by atoms with Crippen molar-refractivity contribution in [3.63, 3.8) is 0 Å². The van der Waals surface area contributed by atoms with E-state index in [1.54, 1.807) is 13.8 Å². The molecule has 0 heterocycles. The van der Waals surface area contributed by atoms with Gasteiger partial charge in [0.15, 0.2) is 0 Å². The molecule has 0 saturated carbocycles. The van der Waals surface area contributed by atoms with Crippen LogP contribution in [-0.4, -0.2) is 16.3 Å². The molecule has 0 aliphatic heterocycles.